The van der Waals surface area contributed by atoms with Crippen molar-refractivity contribution in [2.45, 2.75) is 0 Å². The monoisotopic (exact) mass is 306 g/mol. The smallest absolute Gasteiger partial charge is 0.248 e. The lowest BCUT2D eigenvalue weighted by molar-refractivity contribution is -0.134. The van der Waals surface area contributed by atoms with Gasteiger partial charge in [0.15, 0.2) is 0 Å². The zero-order chi connectivity index (χ0) is 15.6. The van der Waals surface area contributed by atoms with Crippen molar-refractivity contribution in [1.82, 2.24) is 14.9 Å². The molecule has 2 fully saturated rings. The molecule has 1 aromatic heterocycles. The fourth-order valence-corrected chi connectivity index (χ4v) is 3.11. The quantitative estimate of drug-likeness (QED) is 0.765. The molecule has 1 amide bonds. The predicted octanol–water partition coefficient (Wildman–Crippen LogP) is 0.0342. The molecule has 0 aromatic carbocycles. The summed E-state index contributed by atoms with van der Waals surface area (Å²) >= 11 is 0. The Labute approximate surface area is 130 Å². The van der Waals surface area contributed by atoms with E-state index in [2.05, 4.69) is 14.9 Å². The highest BCUT2D eigenvalue weighted by Gasteiger charge is 2.51. The SMILES string of the molecule is CN(C)C(=O)COC[C@]12COC[C@H]1CN(c1ncccn1)C2. The predicted molar refractivity (Wildman–Crippen MR) is 80.5 cm³/mol. The number of aromatic nitrogens is 2. The van der Waals surface area contributed by atoms with Crippen LogP contribution in [0.25, 0.3) is 0 Å². The van der Waals surface area contributed by atoms with Crippen molar-refractivity contribution >= 4 is 11.9 Å². The average Bonchev–Trinajstić information content (AvgIpc) is 3.05. The standard InChI is InChI=1S/C15H22N4O3/c1-18(2)13(20)8-22-11-15-9-19(6-12(15)7-21-10-15)14-16-4-3-5-17-14/h3-5,12H,6-11H2,1-2H3/t12-,15+/m1/s1. The molecule has 0 saturated carbocycles. The number of carbonyl (C=O) groups excluding carboxylic acids is 1. The summed E-state index contributed by atoms with van der Waals surface area (Å²) in [4.78, 5) is 24.0. The first-order valence-corrected chi connectivity index (χ1v) is 7.48. The average molecular weight is 306 g/mol. The van der Waals surface area contributed by atoms with Crippen LogP contribution in [0.15, 0.2) is 18.5 Å². The van der Waals surface area contributed by atoms with Crippen LogP contribution < -0.4 is 4.90 Å². The summed E-state index contributed by atoms with van der Waals surface area (Å²) in [5, 5.41) is 0. The van der Waals surface area contributed by atoms with Crippen molar-refractivity contribution in [2.75, 3.05) is 58.5 Å². The van der Waals surface area contributed by atoms with Gasteiger partial charge in [-0.15, -0.1) is 0 Å². The van der Waals surface area contributed by atoms with E-state index in [1.54, 1.807) is 31.4 Å². The highest BCUT2D eigenvalue weighted by molar-refractivity contribution is 5.76. The zero-order valence-corrected chi connectivity index (χ0v) is 13.1. The molecule has 120 valence electrons. The minimum atomic E-state index is -0.0637. The highest BCUT2D eigenvalue weighted by atomic mass is 16.5. The Morgan fingerprint density at radius 2 is 2.27 bits per heavy atom. The Morgan fingerprint density at radius 1 is 1.50 bits per heavy atom. The molecular weight excluding hydrogens is 284 g/mol. The summed E-state index contributed by atoms with van der Waals surface area (Å²) in [6, 6.07) is 1.81. The molecule has 0 radical (unpaired) electrons. The Balaban J connectivity index is 1.63. The van der Waals surface area contributed by atoms with Crippen LogP contribution in [0.5, 0.6) is 0 Å². The molecular formula is C15H22N4O3. The molecule has 0 aliphatic carbocycles. The second kappa shape index (κ2) is 6.18. The van der Waals surface area contributed by atoms with Gasteiger partial charge in [0.25, 0.3) is 0 Å². The van der Waals surface area contributed by atoms with Crippen LogP contribution in [-0.2, 0) is 14.3 Å². The number of anilines is 1. The zero-order valence-electron chi connectivity index (χ0n) is 13.1. The molecule has 2 saturated heterocycles. The maximum absolute atomic E-state index is 11.6. The largest absolute Gasteiger partial charge is 0.380 e. The van der Waals surface area contributed by atoms with Gasteiger partial charge < -0.3 is 19.3 Å². The molecule has 0 unspecified atom stereocenters. The number of fused-ring (bicyclic) bond motifs is 1. The van der Waals surface area contributed by atoms with Gasteiger partial charge in [-0.25, -0.2) is 9.97 Å². The van der Waals surface area contributed by atoms with Crippen molar-refractivity contribution in [3.63, 3.8) is 0 Å². The number of nitrogens with zero attached hydrogens (tertiary/aromatic N) is 4. The third kappa shape index (κ3) is 2.91. The molecule has 3 heterocycles. The molecule has 0 spiro atoms. The van der Waals surface area contributed by atoms with Crippen molar-refractivity contribution < 1.29 is 14.3 Å². The molecule has 3 rings (SSSR count). The summed E-state index contributed by atoms with van der Waals surface area (Å²) in [6.45, 7) is 3.71. The van der Waals surface area contributed by atoms with E-state index in [0.717, 1.165) is 25.6 Å². The van der Waals surface area contributed by atoms with Crippen LogP contribution in [0.4, 0.5) is 5.95 Å². The van der Waals surface area contributed by atoms with Gasteiger partial charge in [-0.1, -0.05) is 0 Å². The Hall–Kier alpha value is -1.73. The van der Waals surface area contributed by atoms with Gasteiger partial charge in [0.2, 0.25) is 11.9 Å². The number of ether oxygens (including phenoxy) is 2. The van der Waals surface area contributed by atoms with Crippen LogP contribution in [0.2, 0.25) is 0 Å². The summed E-state index contributed by atoms with van der Waals surface area (Å²) < 4.78 is 11.4. The van der Waals surface area contributed by atoms with E-state index in [0.29, 0.717) is 19.1 Å². The molecule has 7 heteroatoms. The fraction of sp³-hybridized carbons (Fsp3) is 0.667. The van der Waals surface area contributed by atoms with Crippen molar-refractivity contribution in [3.05, 3.63) is 18.5 Å². The van der Waals surface area contributed by atoms with E-state index in [1.807, 2.05) is 6.07 Å². The molecule has 0 N–H and O–H groups in total. The van der Waals surface area contributed by atoms with E-state index < -0.39 is 0 Å². The van der Waals surface area contributed by atoms with Gasteiger partial charge in [0.1, 0.15) is 6.61 Å². The molecule has 7 nitrogen and oxygen atoms in total. The van der Waals surface area contributed by atoms with Crippen molar-refractivity contribution in [2.24, 2.45) is 11.3 Å². The first kappa shape index (κ1) is 15.2. The lowest BCUT2D eigenvalue weighted by Crippen LogP contribution is -2.37. The van der Waals surface area contributed by atoms with E-state index in [9.17, 15) is 4.79 Å². The van der Waals surface area contributed by atoms with Crippen LogP contribution in [0, 0.1) is 11.3 Å². The minimum Gasteiger partial charge on any atom is -0.380 e. The molecule has 2 atom stereocenters. The van der Waals surface area contributed by atoms with Gasteiger partial charge in [-0.2, -0.15) is 0 Å². The maximum atomic E-state index is 11.6. The summed E-state index contributed by atoms with van der Waals surface area (Å²) in [5.41, 5.74) is -0.0637. The molecule has 2 aliphatic rings. The number of hydrogen-bond donors (Lipinski definition) is 0. The topological polar surface area (TPSA) is 67.8 Å². The number of rotatable bonds is 5. The van der Waals surface area contributed by atoms with Crippen LogP contribution >= 0.6 is 0 Å². The third-order valence-corrected chi connectivity index (χ3v) is 4.47. The number of amides is 1. The summed E-state index contributed by atoms with van der Waals surface area (Å²) in [7, 11) is 3.46. The normalized spacial score (nSPS) is 27.0. The van der Waals surface area contributed by atoms with Crippen LogP contribution in [-0.4, -0.2) is 74.4 Å². The van der Waals surface area contributed by atoms with E-state index in [4.69, 9.17) is 9.47 Å². The molecule has 1 aromatic rings. The number of hydrogen-bond acceptors (Lipinski definition) is 6. The number of likely N-dealkylation sites (N-methyl/N-ethyl adjacent to an activating group) is 1. The third-order valence-electron chi connectivity index (χ3n) is 4.47. The first-order valence-electron chi connectivity index (χ1n) is 7.48. The van der Waals surface area contributed by atoms with Crippen molar-refractivity contribution in [3.8, 4) is 0 Å². The highest BCUT2D eigenvalue weighted by Crippen LogP contribution is 2.42. The van der Waals surface area contributed by atoms with Gasteiger partial charge in [0.05, 0.1) is 19.8 Å². The number of carbonyl (C=O) groups is 1. The second-order valence-electron chi connectivity index (χ2n) is 6.28. The van der Waals surface area contributed by atoms with Crippen LogP contribution in [0.3, 0.4) is 0 Å². The lowest BCUT2D eigenvalue weighted by atomic mass is 9.82. The van der Waals surface area contributed by atoms with Gasteiger partial charge in [0, 0.05) is 50.9 Å². The van der Waals surface area contributed by atoms with E-state index in [-0.39, 0.29) is 17.9 Å². The van der Waals surface area contributed by atoms with E-state index >= 15 is 0 Å². The van der Waals surface area contributed by atoms with Crippen LogP contribution in [0.1, 0.15) is 0 Å². The maximum Gasteiger partial charge on any atom is 0.248 e. The fourth-order valence-electron chi connectivity index (χ4n) is 3.11. The van der Waals surface area contributed by atoms with Gasteiger partial charge in [-0.3, -0.25) is 4.79 Å². The summed E-state index contributed by atoms with van der Waals surface area (Å²) in [6.07, 6.45) is 3.51. The Morgan fingerprint density at radius 3 is 3.00 bits per heavy atom. The molecule has 2 aliphatic heterocycles. The minimum absolute atomic E-state index is 0.0203. The molecule has 22 heavy (non-hydrogen) atoms. The molecule has 0 bridgehead atoms. The van der Waals surface area contributed by atoms with E-state index in [1.165, 1.54) is 0 Å². The van der Waals surface area contributed by atoms with Gasteiger partial charge in [-0.05, 0) is 6.07 Å². The lowest BCUT2D eigenvalue weighted by Gasteiger charge is -2.27. The Bertz CT molecular complexity index is 525. The van der Waals surface area contributed by atoms with Gasteiger partial charge >= 0.3 is 0 Å². The second-order valence-corrected chi connectivity index (χ2v) is 6.28. The first-order chi connectivity index (χ1) is 10.6. The summed E-state index contributed by atoms with van der Waals surface area (Å²) in [5.74, 6) is 1.12. The van der Waals surface area contributed by atoms with Crippen molar-refractivity contribution in [1.29, 1.82) is 0 Å². The Kier molecular flexibility index (Phi) is 4.26.